The highest BCUT2D eigenvalue weighted by Gasteiger charge is 2.47. The number of nitrogens with zero attached hydrogens (tertiary/aromatic N) is 1. The summed E-state index contributed by atoms with van der Waals surface area (Å²) < 4.78 is 26.6. The number of ether oxygens (including phenoxy) is 1. The molecule has 0 saturated carbocycles. The number of nitrogens with one attached hydrogen (secondary N) is 1. The van der Waals surface area contributed by atoms with Crippen LogP contribution in [0.15, 0.2) is 37.0 Å². The van der Waals surface area contributed by atoms with E-state index in [1.165, 1.54) is 7.11 Å². The van der Waals surface area contributed by atoms with Crippen molar-refractivity contribution in [1.82, 2.24) is 10.4 Å². The molecule has 0 aliphatic heterocycles. The maximum Gasteiger partial charge on any atom is 0.404 e. The summed E-state index contributed by atoms with van der Waals surface area (Å²) in [6.45, 7) is 50.1. The first-order valence-corrected chi connectivity index (χ1v) is 33.6. The minimum absolute atomic E-state index is 0.0295. The summed E-state index contributed by atoms with van der Waals surface area (Å²) in [5, 5.41) is 15.6. The molecule has 4 N–H and O–H groups in total. The third-order valence-corrected chi connectivity index (χ3v) is 28.8. The van der Waals surface area contributed by atoms with Crippen LogP contribution in [0.5, 0.6) is 0 Å². The fourth-order valence-electron chi connectivity index (χ4n) is 7.43. The van der Waals surface area contributed by atoms with Gasteiger partial charge in [0.25, 0.3) is 5.91 Å². The number of nitrogens with two attached hydrogens (primary N) is 1. The molecule has 16 heteroatoms. The predicted octanol–water partition coefficient (Wildman–Crippen LogP) is 10.9. The van der Waals surface area contributed by atoms with E-state index in [0.717, 1.165) is 5.06 Å². The molecule has 0 aromatic heterocycles. The number of amides is 2. The van der Waals surface area contributed by atoms with E-state index in [2.05, 4.69) is 127 Å². The van der Waals surface area contributed by atoms with Crippen molar-refractivity contribution in [3.8, 4) is 0 Å². The van der Waals surface area contributed by atoms with Crippen LogP contribution in [-0.4, -0.2) is 116 Å². The number of rotatable bonds is 29. The van der Waals surface area contributed by atoms with Gasteiger partial charge in [0.05, 0.1) is 44.0 Å². The minimum atomic E-state index is -2.42. The van der Waals surface area contributed by atoms with Gasteiger partial charge in [-0.15, -0.1) is 0 Å². The second-order valence-corrected chi connectivity index (χ2v) is 38.5. The Morgan fingerprint density at radius 2 is 1.09 bits per heavy atom. The number of aliphatic hydroxyl groups is 1. The number of ketones is 2. The molecule has 0 aromatic carbocycles. The van der Waals surface area contributed by atoms with Crippen LogP contribution in [0, 0.1) is 41.4 Å². The van der Waals surface area contributed by atoms with E-state index in [0.29, 0.717) is 6.54 Å². The fraction of sp³-hybridized carbons (Fsp3) is 0.808. The van der Waals surface area contributed by atoms with Gasteiger partial charge in [-0.25, -0.2) is 9.86 Å². The van der Waals surface area contributed by atoms with E-state index in [-0.39, 0.29) is 75.3 Å². The van der Waals surface area contributed by atoms with E-state index in [4.69, 9.17) is 28.6 Å². The normalized spacial score (nSPS) is 19.0. The number of allylic oxidation sites excluding steroid dienone is 2. The number of aliphatic hydroxyl groups excluding tert-OH is 1. The molecule has 0 rings (SSSR count). The average molecular weight is 1010 g/mol. The van der Waals surface area contributed by atoms with Gasteiger partial charge in [-0.2, -0.15) is 0 Å². The number of carbonyl (C=O) groups is 4. The maximum absolute atomic E-state index is 14.2. The first-order valence-electron chi connectivity index (χ1n) is 24.8. The quantitative estimate of drug-likeness (QED) is 0.0281. The summed E-state index contributed by atoms with van der Waals surface area (Å²) in [6, 6.07) is 0. The van der Waals surface area contributed by atoms with Crippen molar-refractivity contribution in [2.75, 3.05) is 27.2 Å². The molecule has 0 unspecified atom stereocenters. The van der Waals surface area contributed by atoms with Crippen molar-refractivity contribution in [3.05, 3.63) is 37.0 Å². The molecule has 68 heavy (non-hydrogen) atoms. The van der Waals surface area contributed by atoms with Gasteiger partial charge in [0.15, 0.2) is 30.7 Å². The molecular weight excluding hydrogens is 911 g/mol. The third kappa shape index (κ3) is 19.7. The van der Waals surface area contributed by atoms with Gasteiger partial charge in [-0.1, -0.05) is 148 Å². The number of hydrogen-bond acceptors (Lipinski definition) is 11. The Bertz CT molecular complexity index is 1680. The summed E-state index contributed by atoms with van der Waals surface area (Å²) in [5.41, 5.74) is 5.59. The van der Waals surface area contributed by atoms with Gasteiger partial charge in [0, 0.05) is 43.7 Å². The summed E-state index contributed by atoms with van der Waals surface area (Å²) in [5.74, 6) is -3.26. The Labute approximate surface area is 417 Å². The van der Waals surface area contributed by atoms with Crippen molar-refractivity contribution >= 4 is 48.5 Å². The Hall–Kier alpha value is -2.29. The molecule has 0 spiro atoms. The molecule has 0 fully saturated rings. The van der Waals surface area contributed by atoms with Crippen LogP contribution in [0.2, 0.25) is 54.4 Å². The zero-order valence-corrected chi connectivity index (χ0v) is 50.3. The largest absolute Gasteiger partial charge is 0.445 e. The predicted molar refractivity (Wildman–Crippen MR) is 287 cm³/mol. The third-order valence-electron chi connectivity index (χ3n) is 15.4. The Morgan fingerprint density at radius 3 is 1.51 bits per heavy atom. The van der Waals surface area contributed by atoms with E-state index < -0.39 is 73.2 Å². The lowest BCUT2D eigenvalue weighted by atomic mass is 9.82. The van der Waals surface area contributed by atoms with Gasteiger partial charge in [-0.05, 0) is 66.2 Å². The van der Waals surface area contributed by atoms with Gasteiger partial charge >= 0.3 is 6.09 Å². The van der Waals surface area contributed by atoms with E-state index in [1.807, 2.05) is 32.9 Å². The van der Waals surface area contributed by atoms with Crippen molar-refractivity contribution in [3.63, 3.8) is 0 Å². The SMILES string of the molecule is C=CC=C[C@H](C)[C@H](OC(N)=O)[C@@H](C)[C@H](O[Si](C)(C)C(C)(C)C)[C@@H](C)C(=O)CNC[C@H](C)[C@@H](O[Si](C)(C)C(C)(C)C)[C@@H](C)C=C[C@@H](O)CC(=O)[C@H](C)[C@H](O[Si](C)(C)C(C)(C)C)[C@@H](C)C(=O)N(C)OC. The number of hydroxylamine groups is 2. The fourth-order valence-corrected chi connectivity index (χ4v) is 11.8. The number of Topliss-reactive ketones (excluding diaryl/α,β-unsaturated/α-hetero) is 2. The van der Waals surface area contributed by atoms with Crippen molar-refractivity contribution in [2.24, 2.45) is 47.2 Å². The first-order chi connectivity index (χ1) is 30.6. The monoisotopic (exact) mass is 1010 g/mol. The molecule has 0 radical (unpaired) electrons. The Kier molecular flexibility index (Phi) is 26.0. The zero-order chi connectivity index (χ0) is 53.7. The minimum Gasteiger partial charge on any atom is -0.445 e. The second-order valence-electron chi connectivity index (χ2n) is 24.2. The van der Waals surface area contributed by atoms with E-state index in [9.17, 15) is 24.3 Å². The highest BCUT2D eigenvalue weighted by Crippen LogP contribution is 2.42. The van der Waals surface area contributed by atoms with Crippen molar-refractivity contribution in [2.45, 2.75) is 202 Å². The Balaban J connectivity index is 6.60. The van der Waals surface area contributed by atoms with Gasteiger partial charge in [0.2, 0.25) is 0 Å². The summed E-state index contributed by atoms with van der Waals surface area (Å²) in [4.78, 5) is 58.9. The molecule has 0 aliphatic carbocycles. The van der Waals surface area contributed by atoms with Gasteiger partial charge in [-0.3, -0.25) is 19.2 Å². The Morgan fingerprint density at radius 1 is 0.662 bits per heavy atom. The lowest BCUT2D eigenvalue weighted by molar-refractivity contribution is -0.177. The summed E-state index contributed by atoms with van der Waals surface area (Å²) >= 11 is 0. The van der Waals surface area contributed by atoms with Crippen molar-refractivity contribution < 1.29 is 47.1 Å². The second kappa shape index (κ2) is 27.0. The molecule has 0 aromatic rings. The highest BCUT2D eigenvalue weighted by atomic mass is 28.4. The van der Waals surface area contributed by atoms with Crippen LogP contribution in [0.3, 0.4) is 0 Å². The maximum atomic E-state index is 14.2. The molecular formula is C52H101N3O10Si3. The van der Waals surface area contributed by atoms with Crippen LogP contribution in [0.25, 0.3) is 0 Å². The molecule has 0 saturated heterocycles. The summed E-state index contributed by atoms with van der Waals surface area (Å²) in [6.07, 6.45) is 4.66. The average Bonchev–Trinajstić information content (AvgIpc) is 3.20. The smallest absolute Gasteiger partial charge is 0.404 e. The van der Waals surface area contributed by atoms with Crippen LogP contribution < -0.4 is 11.1 Å². The van der Waals surface area contributed by atoms with Crippen molar-refractivity contribution in [1.29, 1.82) is 0 Å². The number of primary amides is 1. The van der Waals surface area contributed by atoms with E-state index in [1.54, 1.807) is 39.1 Å². The lowest BCUT2D eigenvalue weighted by Gasteiger charge is -2.44. The first kappa shape index (κ1) is 65.7. The van der Waals surface area contributed by atoms with Crippen LogP contribution in [0.4, 0.5) is 4.79 Å². The molecule has 0 aliphatic rings. The molecule has 0 heterocycles. The molecule has 396 valence electrons. The van der Waals surface area contributed by atoms with E-state index >= 15 is 0 Å². The molecule has 2 amide bonds. The number of carbonyl (C=O) groups excluding carboxylic acids is 4. The van der Waals surface area contributed by atoms with Crippen LogP contribution in [-0.2, 0) is 37.2 Å². The van der Waals surface area contributed by atoms with Crippen LogP contribution >= 0.6 is 0 Å². The summed E-state index contributed by atoms with van der Waals surface area (Å²) in [7, 11) is -4.20. The van der Waals surface area contributed by atoms with Gasteiger partial charge < -0.3 is 34.2 Å². The zero-order valence-electron chi connectivity index (χ0n) is 47.3. The topological polar surface area (TPSA) is 176 Å². The molecule has 13 nitrogen and oxygen atoms in total. The highest BCUT2D eigenvalue weighted by molar-refractivity contribution is 6.75. The molecule has 0 bridgehead atoms. The molecule has 12 atom stereocenters. The number of hydrogen-bond donors (Lipinski definition) is 3. The van der Waals surface area contributed by atoms with Gasteiger partial charge in [0.1, 0.15) is 11.9 Å². The lowest BCUT2D eigenvalue weighted by Crippen LogP contribution is -2.52. The van der Waals surface area contributed by atoms with Crippen LogP contribution in [0.1, 0.15) is 117 Å². The standard InChI is InChI=1S/C52H101N3O10Si3/c1-26-27-28-34(2)45(62-49(53)60)39(7)46(64-67(22,23)51(12,13)14)38(6)43(58)33-54-32-36(4)44(63-66(20,21)50(9,10)11)35(3)29-30-41(56)31-42(57)37(5)47(40(8)48(59)55(18)61-19)65-68(24,25)52(15,16)17/h26-30,34-41,44-47,54,56H,1,31-33H2,2-25H3,(H2,53,60)/t34-,35-,36-,37-,38-,39+,40+,41+,44-,45-,46+,47-/m0/s1.